The monoisotopic (exact) mass is 1050 g/mol. The Morgan fingerprint density at radius 3 is 0.683 bits per heavy atom. The molecule has 0 atom stereocenters. The normalized spacial score (nSPS) is 11.9. The standard InChI is InChI=1S/C72H44N10/c1-9-31-59-51(23-1)52-24-2-10-32-60(52)79(59)69-73-67(74-70(77-69)80-61-33-11-3-25-53(61)54-26-4-12-34-62(54)80)46-41-39-45(40-42-46)47-19-17-20-48(43-47)49-21-18-22-50(44-49)68-75-71(81-63-35-13-5-27-55(63)56-28-6-14-36-64(56)81)78-72(76-68)82-65-37-15-7-29-57(65)58-30-8-16-38-66(58)82/h1-44H. The van der Waals surface area contributed by atoms with E-state index in [-0.39, 0.29) is 0 Å². The molecule has 0 amide bonds. The van der Waals surface area contributed by atoms with Crippen LogP contribution in [0.2, 0.25) is 0 Å². The summed E-state index contributed by atoms with van der Waals surface area (Å²) in [6.45, 7) is 0. The molecule has 17 aromatic rings. The molecule has 0 aliphatic rings. The zero-order chi connectivity index (χ0) is 53.8. The van der Waals surface area contributed by atoms with Gasteiger partial charge in [-0.3, -0.25) is 18.3 Å². The van der Waals surface area contributed by atoms with Crippen LogP contribution in [0.4, 0.5) is 0 Å². The van der Waals surface area contributed by atoms with E-state index in [2.05, 4.69) is 285 Å². The molecule has 0 saturated heterocycles. The predicted molar refractivity (Wildman–Crippen MR) is 332 cm³/mol. The van der Waals surface area contributed by atoms with E-state index in [1.54, 1.807) is 0 Å². The lowest BCUT2D eigenvalue weighted by atomic mass is 9.97. The molecule has 382 valence electrons. The highest BCUT2D eigenvalue weighted by molar-refractivity contribution is 6.12. The molecule has 6 aromatic heterocycles. The first-order valence-corrected chi connectivity index (χ1v) is 27.4. The van der Waals surface area contributed by atoms with Gasteiger partial charge in [0.2, 0.25) is 23.8 Å². The molecule has 0 aliphatic carbocycles. The molecule has 17 rings (SSSR count). The predicted octanol–water partition coefficient (Wildman–Crippen LogP) is 17.1. The van der Waals surface area contributed by atoms with Gasteiger partial charge in [0.15, 0.2) is 11.6 Å². The Labute approximate surface area is 468 Å². The summed E-state index contributed by atoms with van der Waals surface area (Å²) in [5, 5.41) is 9.08. The summed E-state index contributed by atoms with van der Waals surface area (Å²) in [5.41, 5.74) is 14.2. The first-order valence-electron chi connectivity index (χ1n) is 27.4. The summed E-state index contributed by atoms with van der Waals surface area (Å²) in [5.74, 6) is 3.30. The topological polar surface area (TPSA) is 97.1 Å². The van der Waals surface area contributed by atoms with E-state index in [0.717, 1.165) is 121 Å². The van der Waals surface area contributed by atoms with Crippen molar-refractivity contribution in [2.45, 2.75) is 0 Å². The molecule has 0 bridgehead atoms. The van der Waals surface area contributed by atoms with E-state index in [0.29, 0.717) is 35.4 Å². The number of hydrogen-bond donors (Lipinski definition) is 0. The van der Waals surface area contributed by atoms with Gasteiger partial charge in [-0.1, -0.05) is 206 Å². The van der Waals surface area contributed by atoms with Crippen molar-refractivity contribution >= 4 is 87.2 Å². The first-order chi connectivity index (χ1) is 40.7. The van der Waals surface area contributed by atoms with E-state index in [4.69, 9.17) is 29.9 Å². The van der Waals surface area contributed by atoms with E-state index in [1.165, 1.54) is 0 Å². The Morgan fingerprint density at radius 1 is 0.171 bits per heavy atom. The zero-order valence-corrected chi connectivity index (χ0v) is 43.9. The maximum Gasteiger partial charge on any atom is 0.240 e. The van der Waals surface area contributed by atoms with Crippen LogP contribution in [0.3, 0.4) is 0 Å². The SMILES string of the molecule is c1cc(-c2ccc(-c3nc(-n4c5ccccc5c5ccccc54)nc(-n4c5ccccc5c5ccccc54)n3)cc2)cc(-c2cccc(-c3nc(-n4c5ccccc5c5ccccc54)nc(-n4c5ccccc5c5ccccc54)n3)c2)c1. The second-order valence-corrected chi connectivity index (χ2v) is 20.7. The zero-order valence-electron chi connectivity index (χ0n) is 43.9. The minimum absolute atomic E-state index is 0.540. The van der Waals surface area contributed by atoms with Gasteiger partial charge in [-0.05, 0) is 82.9 Å². The third kappa shape index (κ3) is 7.08. The smallest absolute Gasteiger partial charge is 0.240 e. The van der Waals surface area contributed by atoms with Crippen LogP contribution in [0, 0.1) is 0 Å². The van der Waals surface area contributed by atoms with Gasteiger partial charge < -0.3 is 0 Å². The van der Waals surface area contributed by atoms with Crippen LogP contribution in [0.1, 0.15) is 0 Å². The maximum atomic E-state index is 5.36. The Kier molecular flexibility index (Phi) is 10.1. The number of fused-ring (bicyclic) bond motifs is 12. The number of para-hydroxylation sites is 8. The number of aromatic nitrogens is 10. The van der Waals surface area contributed by atoms with Crippen molar-refractivity contribution < 1.29 is 0 Å². The fourth-order valence-corrected chi connectivity index (χ4v) is 12.4. The molecule has 0 N–H and O–H groups in total. The Balaban J connectivity index is 0.776. The first kappa shape index (κ1) is 45.6. The molecule has 0 spiro atoms. The summed E-state index contributed by atoms with van der Waals surface area (Å²) in [7, 11) is 0. The Morgan fingerprint density at radius 2 is 0.390 bits per heavy atom. The van der Waals surface area contributed by atoms with Gasteiger partial charge in [0.05, 0.1) is 44.1 Å². The summed E-state index contributed by atoms with van der Waals surface area (Å²) in [4.78, 5) is 32.0. The number of benzene rings is 11. The Hall–Kier alpha value is -11.4. The van der Waals surface area contributed by atoms with E-state index >= 15 is 0 Å². The molecule has 11 aromatic carbocycles. The molecular weight excluding hydrogens is 1000 g/mol. The summed E-state index contributed by atoms with van der Waals surface area (Å²) in [6, 6.07) is 93.4. The van der Waals surface area contributed by atoms with Crippen LogP contribution in [-0.4, -0.2) is 48.2 Å². The molecule has 0 radical (unpaired) electrons. The van der Waals surface area contributed by atoms with Gasteiger partial charge in [0.1, 0.15) is 0 Å². The van der Waals surface area contributed by atoms with Crippen molar-refractivity contribution in [3.8, 4) is 68.8 Å². The van der Waals surface area contributed by atoms with Crippen LogP contribution in [0.5, 0.6) is 0 Å². The largest absolute Gasteiger partial charge is 0.278 e. The summed E-state index contributed by atoms with van der Waals surface area (Å²) in [6.07, 6.45) is 0. The third-order valence-electron chi connectivity index (χ3n) is 16.1. The third-order valence-corrected chi connectivity index (χ3v) is 16.1. The fourth-order valence-electron chi connectivity index (χ4n) is 12.4. The van der Waals surface area contributed by atoms with Crippen molar-refractivity contribution in [3.63, 3.8) is 0 Å². The molecule has 0 fully saturated rings. The van der Waals surface area contributed by atoms with E-state index in [1.807, 2.05) is 0 Å². The average molecular weight is 1050 g/mol. The quantitative estimate of drug-likeness (QED) is 0.150. The fraction of sp³-hybridized carbons (Fsp3) is 0. The number of nitrogens with zero attached hydrogens (tertiary/aromatic N) is 10. The highest BCUT2D eigenvalue weighted by atomic mass is 15.3. The summed E-state index contributed by atoms with van der Waals surface area (Å²) < 4.78 is 8.67. The van der Waals surface area contributed by atoms with Gasteiger partial charge in [-0.25, -0.2) is 0 Å². The average Bonchev–Trinajstić information content (AvgIpc) is 4.49. The van der Waals surface area contributed by atoms with Gasteiger partial charge in [0.25, 0.3) is 0 Å². The van der Waals surface area contributed by atoms with Crippen LogP contribution >= 0.6 is 0 Å². The van der Waals surface area contributed by atoms with Gasteiger partial charge in [-0.15, -0.1) is 0 Å². The van der Waals surface area contributed by atoms with Gasteiger partial charge >= 0.3 is 0 Å². The minimum atomic E-state index is 0.540. The molecule has 10 nitrogen and oxygen atoms in total. The van der Waals surface area contributed by atoms with Gasteiger partial charge in [-0.2, -0.15) is 29.9 Å². The van der Waals surface area contributed by atoms with Crippen molar-refractivity contribution in [2.75, 3.05) is 0 Å². The molecule has 0 saturated carbocycles. The van der Waals surface area contributed by atoms with Crippen LogP contribution < -0.4 is 0 Å². The second-order valence-electron chi connectivity index (χ2n) is 20.7. The Bertz CT molecular complexity index is 4950. The summed E-state index contributed by atoms with van der Waals surface area (Å²) >= 11 is 0. The lowest BCUT2D eigenvalue weighted by Crippen LogP contribution is -2.10. The number of hydrogen-bond acceptors (Lipinski definition) is 6. The van der Waals surface area contributed by atoms with Crippen LogP contribution in [0.25, 0.3) is 156 Å². The van der Waals surface area contributed by atoms with Crippen molar-refractivity contribution in [1.29, 1.82) is 0 Å². The van der Waals surface area contributed by atoms with Crippen LogP contribution in [-0.2, 0) is 0 Å². The lowest BCUT2D eigenvalue weighted by Gasteiger charge is -2.13. The lowest BCUT2D eigenvalue weighted by molar-refractivity contribution is 0.892. The van der Waals surface area contributed by atoms with Crippen molar-refractivity contribution in [2.24, 2.45) is 0 Å². The van der Waals surface area contributed by atoms with Crippen LogP contribution in [0.15, 0.2) is 267 Å². The highest BCUT2D eigenvalue weighted by Gasteiger charge is 2.23. The molecule has 10 heteroatoms. The minimum Gasteiger partial charge on any atom is -0.278 e. The number of rotatable bonds is 8. The van der Waals surface area contributed by atoms with Crippen molar-refractivity contribution in [3.05, 3.63) is 267 Å². The highest BCUT2D eigenvalue weighted by Crippen LogP contribution is 2.38. The van der Waals surface area contributed by atoms with Crippen molar-refractivity contribution in [1.82, 2.24) is 48.2 Å². The molecule has 6 heterocycles. The van der Waals surface area contributed by atoms with Gasteiger partial charge in [0, 0.05) is 54.2 Å². The molecule has 0 unspecified atom stereocenters. The van der Waals surface area contributed by atoms with E-state index in [9.17, 15) is 0 Å². The molecular formula is C72H44N10. The molecule has 82 heavy (non-hydrogen) atoms. The maximum absolute atomic E-state index is 5.36. The second kappa shape index (κ2) is 18.1. The molecule has 0 aliphatic heterocycles. The van der Waals surface area contributed by atoms with E-state index < -0.39 is 0 Å².